The maximum absolute atomic E-state index is 11.9. The molecule has 0 radical (unpaired) electrons. The zero-order chi connectivity index (χ0) is 15.2. The molecule has 7 heteroatoms. The van der Waals surface area contributed by atoms with Crippen molar-refractivity contribution >= 4 is 17.7 Å². The molecule has 116 valence electrons. The number of hydrogen-bond acceptors (Lipinski definition) is 6. The van der Waals surface area contributed by atoms with Gasteiger partial charge < -0.3 is 9.73 Å². The van der Waals surface area contributed by atoms with Crippen LogP contribution in [0.3, 0.4) is 0 Å². The third kappa shape index (κ3) is 4.07. The third-order valence-corrected chi connectivity index (χ3v) is 4.41. The summed E-state index contributed by atoms with van der Waals surface area (Å²) in [5.74, 6) is 0.686. The fourth-order valence-corrected chi connectivity index (χ4v) is 3.08. The van der Waals surface area contributed by atoms with E-state index in [2.05, 4.69) is 20.5 Å². The largest absolute Gasteiger partial charge is 0.410 e. The van der Waals surface area contributed by atoms with Crippen LogP contribution in [0.25, 0.3) is 11.6 Å². The van der Waals surface area contributed by atoms with Crippen LogP contribution in [0, 0.1) is 0 Å². The number of thioether (sulfide) groups is 1. The third-order valence-electron chi connectivity index (χ3n) is 3.59. The molecule has 0 atom stereocenters. The number of amides is 1. The molecule has 2 heterocycles. The zero-order valence-corrected chi connectivity index (χ0v) is 13.0. The summed E-state index contributed by atoms with van der Waals surface area (Å²) >= 11 is 1.25. The molecule has 0 spiro atoms. The summed E-state index contributed by atoms with van der Waals surface area (Å²) in [4.78, 5) is 16.1. The predicted molar refractivity (Wildman–Crippen MR) is 83.3 cm³/mol. The van der Waals surface area contributed by atoms with Gasteiger partial charge in [-0.05, 0) is 25.0 Å². The van der Waals surface area contributed by atoms with Crippen LogP contribution < -0.4 is 5.32 Å². The molecular weight excluding hydrogens is 300 g/mol. The summed E-state index contributed by atoms with van der Waals surface area (Å²) < 4.78 is 5.51. The highest BCUT2D eigenvalue weighted by Gasteiger charge is 2.17. The van der Waals surface area contributed by atoms with E-state index in [1.807, 2.05) is 12.1 Å². The summed E-state index contributed by atoms with van der Waals surface area (Å²) in [7, 11) is 0. The van der Waals surface area contributed by atoms with Gasteiger partial charge in [0, 0.05) is 12.2 Å². The first-order valence-electron chi connectivity index (χ1n) is 7.48. The minimum absolute atomic E-state index is 0.0227. The van der Waals surface area contributed by atoms with Crippen molar-refractivity contribution in [3.63, 3.8) is 0 Å². The smallest absolute Gasteiger partial charge is 0.277 e. The van der Waals surface area contributed by atoms with Gasteiger partial charge in [0.1, 0.15) is 5.69 Å². The molecule has 0 aliphatic heterocycles. The molecule has 0 unspecified atom stereocenters. The van der Waals surface area contributed by atoms with Crippen LogP contribution >= 0.6 is 11.8 Å². The van der Waals surface area contributed by atoms with Gasteiger partial charge >= 0.3 is 0 Å². The Labute approximate surface area is 133 Å². The molecule has 6 nitrogen and oxygen atoms in total. The first-order valence-corrected chi connectivity index (χ1v) is 8.47. The summed E-state index contributed by atoms with van der Waals surface area (Å²) in [6, 6.07) is 5.81. The molecule has 0 bridgehead atoms. The second-order valence-corrected chi connectivity index (χ2v) is 6.21. The first-order chi connectivity index (χ1) is 10.8. The number of nitrogens with one attached hydrogen (secondary N) is 1. The fraction of sp³-hybridized carbons (Fsp3) is 0.467. The molecule has 3 rings (SSSR count). The Bertz CT molecular complexity index is 611. The van der Waals surface area contributed by atoms with Crippen LogP contribution in [0.1, 0.15) is 32.1 Å². The lowest BCUT2D eigenvalue weighted by Crippen LogP contribution is -2.37. The van der Waals surface area contributed by atoms with Crippen molar-refractivity contribution in [3.05, 3.63) is 24.4 Å². The Morgan fingerprint density at radius 1 is 1.27 bits per heavy atom. The topological polar surface area (TPSA) is 80.9 Å². The van der Waals surface area contributed by atoms with E-state index in [1.165, 1.54) is 31.0 Å². The van der Waals surface area contributed by atoms with Gasteiger partial charge in [0.25, 0.3) is 11.1 Å². The number of pyridine rings is 1. The van der Waals surface area contributed by atoms with Crippen molar-refractivity contribution in [2.45, 2.75) is 43.4 Å². The molecule has 22 heavy (non-hydrogen) atoms. The Balaban J connectivity index is 1.49. The minimum atomic E-state index is 0.0227. The van der Waals surface area contributed by atoms with E-state index in [4.69, 9.17) is 4.42 Å². The number of rotatable bonds is 5. The van der Waals surface area contributed by atoms with Gasteiger partial charge in [-0.1, -0.05) is 37.1 Å². The van der Waals surface area contributed by atoms with Gasteiger partial charge in [-0.3, -0.25) is 9.78 Å². The van der Waals surface area contributed by atoms with Crippen LogP contribution in [0.15, 0.2) is 34.0 Å². The number of aromatic nitrogens is 3. The highest BCUT2D eigenvalue weighted by atomic mass is 32.2. The number of hydrogen-bond donors (Lipinski definition) is 1. The summed E-state index contributed by atoms with van der Waals surface area (Å²) in [5.41, 5.74) is 0.633. The Hall–Kier alpha value is -1.89. The van der Waals surface area contributed by atoms with Crippen molar-refractivity contribution in [1.29, 1.82) is 0 Å². The average molecular weight is 318 g/mol. The van der Waals surface area contributed by atoms with E-state index in [1.54, 1.807) is 12.3 Å². The van der Waals surface area contributed by atoms with Gasteiger partial charge in [-0.2, -0.15) is 0 Å². The van der Waals surface area contributed by atoms with Gasteiger partial charge in [-0.25, -0.2) is 0 Å². The number of nitrogens with zero attached hydrogens (tertiary/aromatic N) is 3. The van der Waals surface area contributed by atoms with Crippen molar-refractivity contribution < 1.29 is 9.21 Å². The quantitative estimate of drug-likeness (QED) is 0.854. The maximum Gasteiger partial charge on any atom is 0.277 e. The highest BCUT2D eigenvalue weighted by molar-refractivity contribution is 7.99. The molecule has 0 saturated heterocycles. The van der Waals surface area contributed by atoms with E-state index < -0.39 is 0 Å². The molecule has 2 aromatic rings. The lowest BCUT2D eigenvalue weighted by Gasteiger charge is -2.22. The molecule has 1 N–H and O–H groups in total. The molecule has 1 aliphatic carbocycles. The van der Waals surface area contributed by atoms with Gasteiger partial charge in [0.15, 0.2) is 0 Å². The van der Waals surface area contributed by atoms with Gasteiger partial charge in [-0.15, -0.1) is 10.2 Å². The number of carbonyl (C=O) groups is 1. The average Bonchev–Trinajstić information content (AvgIpc) is 3.04. The SMILES string of the molecule is O=C(CSc1nnc(-c2ccccn2)o1)NC1CCCCC1. The van der Waals surface area contributed by atoms with Crippen LogP contribution in [-0.4, -0.2) is 32.9 Å². The second kappa shape index (κ2) is 7.40. The zero-order valence-electron chi connectivity index (χ0n) is 12.2. The first kappa shape index (κ1) is 15.0. The van der Waals surface area contributed by atoms with Crippen molar-refractivity contribution in [2.75, 3.05) is 5.75 Å². The molecule has 1 amide bonds. The molecule has 1 fully saturated rings. The standard InChI is InChI=1S/C15H18N4O2S/c20-13(17-11-6-2-1-3-7-11)10-22-15-19-18-14(21-15)12-8-4-5-9-16-12/h4-5,8-9,11H,1-3,6-7,10H2,(H,17,20). The van der Waals surface area contributed by atoms with E-state index >= 15 is 0 Å². The molecule has 0 aromatic carbocycles. The van der Waals surface area contributed by atoms with Crippen LogP contribution in [-0.2, 0) is 4.79 Å². The Morgan fingerprint density at radius 2 is 2.14 bits per heavy atom. The van der Waals surface area contributed by atoms with Crippen LogP contribution in [0.2, 0.25) is 0 Å². The van der Waals surface area contributed by atoms with E-state index in [0.717, 1.165) is 12.8 Å². The highest BCUT2D eigenvalue weighted by Crippen LogP contribution is 2.22. The minimum Gasteiger partial charge on any atom is -0.410 e. The van der Waals surface area contributed by atoms with Gasteiger partial charge in [0.05, 0.1) is 5.75 Å². The lowest BCUT2D eigenvalue weighted by molar-refractivity contribution is -0.119. The van der Waals surface area contributed by atoms with Crippen LogP contribution in [0.5, 0.6) is 0 Å². The predicted octanol–water partition coefficient (Wildman–Crippen LogP) is 2.67. The number of carbonyl (C=O) groups excluding carboxylic acids is 1. The fourth-order valence-electron chi connectivity index (χ4n) is 2.50. The van der Waals surface area contributed by atoms with E-state index in [0.29, 0.717) is 28.6 Å². The van der Waals surface area contributed by atoms with E-state index in [9.17, 15) is 4.79 Å². The monoisotopic (exact) mass is 318 g/mol. The Morgan fingerprint density at radius 3 is 2.91 bits per heavy atom. The molecule has 1 saturated carbocycles. The molecule has 1 aliphatic rings. The normalized spacial score (nSPS) is 15.6. The van der Waals surface area contributed by atoms with Crippen LogP contribution in [0.4, 0.5) is 0 Å². The Kier molecular flexibility index (Phi) is 5.05. The summed E-state index contributed by atoms with van der Waals surface area (Å²) in [6.45, 7) is 0. The molecular formula is C15H18N4O2S. The van der Waals surface area contributed by atoms with Gasteiger partial charge in [0.2, 0.25) is 5.91 Å². The summed E-state index contributed by atoms with van der Waals surface area (Å²) in [5, 5.41) is 11.3. The van der Waals surface area contributed by atoms with E-state index in [-0.39, 0.29) is 5.91 Å². The maximum atomic E-state index is 11.9. The van der Waals surface area contributed by atoms with Crippen molar-refractivity contribution in [3.8, 4) is 11.6 Å². The second-order valence-electron chi connectivity index (χ2n) is 5.28. The lowest BCUT2D eigenvalue weighted by atomic mass is 9.95. The summed E-state index contributed by atoms with van der Waals surface area (Å²) in [6.07, 6.45) is 7.52. The van der Waals surface area contributed by atoms with Crippen molar-refractivity contribution in [1.82, 2.24) is 20.5 Å². The molecule has 2 aromatic heterocycles. The van der Waals surface area contributed by atoms with Crippen molar-refractivity contribution in [2.24, 2.45) is 0 Å².